The van der Waals surface area contributed by atoms with Gasteiger partial charge in [-0.1, -0.05) is 76.2 Å². The maximum Gasteiger partial charge on any atom is 0.256 e. The lowest BCUT2D eigenvalue weighted by Crippen LogP contribution is -2.12. The Morgan fingerprint density at radius 1 is 0.939 bits per heavy atom. The van der Waals surface area contributed by atoms with Gasteiger partial charge in [0.25, 0.3) is 5.91 Å². The van der Waals surface area contributed by atoms with Crippen LogP contribution < -0.4 is 5.32 Å². The predicted molar refractivity (Wildman–Crippen MR) is 141 cm³/mol. The Bertz CT molecular complexity index is 1490. The summed E-state index contributed by atoms with van der Waals surface area (Å²) in [5.41, 5.74) is 2.89. The number of carbonyl (C=O) groups is 2. The summed E-state index contributed by atoms with van der Waals surface area (Å²) in [5, 5.41) is 4.95. The minimum Gasteiger partial charge on any atom is -0.322 e. The molecule has 5 aromatic rings. The molecule has 0 bridgehead atoms. The minimum atomic E-state index is -0.148. The van der Waals surface area contributed by atoms with E-state index in [1.165, 1.54) is 23.1 Å². The second-order valence-corrected chi connectivity index (χ2v) is 10.5. The number of nitrogens with zero attached hydrogens (tertiary/aromatic N) is 1. The Morgan fingerprint density at radius 2 is 1.73 bits per heavy atom. The van der Waals surface area contributed by atoms with Crippen LogP contribution in [0.1, 0.15) is 20.7 Å². The monoisotopic (exact) mass is 532 g/mol. The van der Waals surface area contributed by atoms with Gasteiger partial charge in [-0.05, 0) is 47.2 Å². The fourth-order valence-electron chi connectivity index (χ4n) is 3.51. The summed E-state index contributed by atoms with van der Waals surface area (Å²) in [6, 6.07) is 26.6. The molecule has 0 unspecified atom stereocenters. The van der Waals surface area contributed by atoms with Gasteiger partial charge in [-0.3, -0.25) is 9.59 Å². The third-order valence-electron chi connectivity index (χ3n) is 5.15. The highest BCUT2D eigenvalue weighted by atomic mass is 79.9. The molecular formula is C26H17BrN2O2S2. The number of fused-ring (bicyclic) bond motifs is 2. The van der Waals surface area contributed by atoms with Crippen molar-refractivity contribution in [3.8, 4) is 0 Å². The first kappa shape index (κ1) is 21.8. The number of thioether (sulfide) groups is 1. The van der Waals surface area contributed by atoms with Crippen molar-refractivity contribution in [2.75, 3.05) is 11.1 Å². The van der Waals surface area contributed by atoms with Gasteiger partial charge in [-0.25, -0.2) is 4.98 Å². The van der Waals surface area contributed by atoms with Gasteiger partial charge in [0.05, 0.1) is 16.0 Å². The number of anilines is 1. The zero-order valence-corrected chi connectivity index (χ0v) is 20.5. The van der Waals surface area contributed by atoms with Gasteiger partial charge >= 0.3 is 0 Å². The van der Waals surface area contributed by atoms with E-state index in [-0.39, 0.29) is 11.7 Å². The van der Waals surface area contributed by atoms with Crippen molar-refractivity contribution in [3.05, 3.63) is 101 Å². The second kappa shape index (κ2) is 9.47. The van der Waals surface area contributed by atoms with Crippen molar-refractivity contribution in [1.29, 1.82) is 0 Å². The molecule has 7 heteroatoms. The van der Waals surface area contributed by atoms with E-state index in [0.29, 0.717) is 22.6 Å². The van der Waals surface area contributed by atoms with Crippen molar-refractivity contribution in [3.63, 3.8) is 0 Å². The molecule has 0 aliphatic heterocycles. The van der Waals surface area contributed by atoms with E-state index in [4.69, 9.17) is 0 Å². The van der Waals surface area contributed by atoms with Crippen LogP contribution in [-0.4, -0.2) is 22.4 Å². The summed E-state index contributed by atoms with van der Waals surface area (Å²) in [7, 11) is 0. The topological polar surface area (TPSA) is 59.1 Å². The lowest BCUT2D eigenvalue weighted by Gasteiger charge is -2.08. The molecule has 4 aromatic carbocycles. The summed E-state index contributed by atoms with van der Waals surface area (Å²) in [6.07, 6.45) is 0. The molecule has 0 aliphatic carbocycles. The first-order valence-corrected chi connectivity index (χ1v) is 12.8. The molecule has 162 valence electrons. The molecule has 0 aliphatic rings. The third-order valence-corrected chi connectivity index (χ3v) is 7.84. The second-order valence-electron chi connectivity index (χ2n) is 7.36. The highest BCUT2D eigenvalue weighted by molar-refractivity contribution is 9.10. The Labute approximate surface area is 207 Å². The molecular weight excluding hydrogens is 516 g/mol. The maximum atomic E-state index is 12.9. The number of thiazole rings is 1. The standard InChI is InChI=1S/C26H17BrN2O2S2/c27-18-10-8-17(9-11-18)23(30)15-32-26-29-22-13-12-19(14-24(22)33-26)28-25(31)21-7-3-5-16-4-1-2-6-20(16)21/h1-14H,15H2,(H,28,31). The van der Waals surface area contributed by atoms with Crippen LogP contribution in [0.2, 0.25) is 0 Å². The number of halogens is 1. The van der Waals surface area contributed by atoms with E-state index in [2.05, 4.69) is 26.2 Å². The number of hydrogen-bond acceptors (Lipinski definition) is 5. The minimum absolute atomic E-state index is 0.0646. The summed E-state index contributed by atoms with van der Waals surface area (Å²) in [5.74, 6) is 0.242. The fraction of sp³-hybridized carbons (Fsp3) is 0.0385. The van der Waals surface area contributed by atoms with E-state index in [1.807, 2.05) is 84.9 Å². The van der Waals surface area contributed by atoms with Crippen molar-refractivity contribution in [2.24, 2.45) is 0 Å². The number of hydrogen-bond donors (Lipinski definition) is 1. The van der Waals surface area contributed by atoms with Crippen LogP contribution in [0.3, 0.4) is 0 Å². The lowest BCUT2D eigenvalue weighted by molar-refractivity contribution is 0.101. The molecule has 1 heterocycles. The van der Waals surface area contributed by atoms with Gasteiger partial charge < -0.3 is 5.32 Å². The number of amides is 1. The van der Waals surface area contributed by atoms with Gasteiger partial charge in [0, 0.05) is 21.3 Å². The lowest BCUT2D eigenvalue weighted by atomic mass is 10.0. The maximum absolute atomic E-state index is 12.9. The van der Waals surface area contributed by atoms with Crippen LogP contribution in [0, 0.1) is 0 Å². The molecule has 0 saturated heterocycles. The molecule has 1 aromatic heterocycles. The van der Waals surface area contributed by atoms with Gasteiger partial charge in [-0.2, -0.15) is 0 Å². The van der Waals surface area contributed by atoms with Crippen LogP contribution in [0.4, 0.5) is 5.69 Å². The molecule has 33 heavy (non-hydrogen) atoms. The first-order valence-electron chi connectivity index (χ1n) is 10.2. The molecule has 1 amide bonds. The van der Waals surface area contributed by atoms with Crippen LogP contribution in [-0.2, 0) is 0 Å². The van der Waals surface area contributed by atoms with E-state index in [9.17, 15) is 9.59 Å². The van der Waals surface area contributed by atoms with E-state index < -0.39 is 0 Å². The molecule has 0 radical (unpaired) electrons. The quantitative estimate of drug-likeness (QED) is 0.182. The number of ketones is 1. The predicted octanol–water partition coefficient (Wildman–Crippen LogP) is 7.44. The largest absolute Gasteiger partial charge is 0.322 e. The van der Waals surface area contributed by atoms with Gasteiger partial charge in [0.1, 0.15) is 0 Å². The van der Waals surface area contributed by atoms with Crippen LogP contribution >= 0.6 is 39.0 Å². The van der Waals surface area contributed by atoms with Crippen LogP contribution in [0.5, 0.6) is 0 Å². The Morgan fingerprint density at radius 3 is 2.58 bits per heavy atom. The molecule has 0 spiro atoms. The fourth-order valence-corrected chi connectivity index (χ4v) is 5.78. The molecule has 4 nitrogen and oxygen atoms in total. The summed E-state index contributed by atoms with van der Waals surface area (Å²) >= 11 is 6.33. The normalized spacial score (nSPS) is 11.1. The molecule has 0 atom stereocenters. The molecule has 5 rings (SSSR count). The average Bonchev–Trinajstić information content (AvgIpc) is 3.25. The van der Waals surface area contributed by atoms with Crippen molar-refractivity contribution >= 4 is 77.4 Å². The SMILES string of the molecule is O=C(CSc1nc2ccc(NC(=O)c3cccc4ccccc34)cc2s1)c1ccc(Br)cc1. The van der Waals surface area contributed by atoms with Crippen LogP contribution in [0.15, 0.2) is 93.7 Å². The van der Waals surface area contributed by atoms with Crippen molar-refractivity contribution in [1.82, 2.24) is 4.98 Å². The number of rotatable bonds is 6. The number of Topliss-reactive ketones (excluding diaryl/α,β-unsaturated/α-hetero) is 1. The number of carbonyl (C=O) groups excluding carboxylic acids is 2. The highest BCUT2D eigenvalue weighted by Crippen LogP contribution is 2.32. The zero-order chi connectivity index (χ0) is 22.8. The summed E-state index contributed by atoms with van der Waals surface area (Å²) < 4.78 is 2.73. The smallest absolute Gasteiger partial charge is 0.256 e. The molecule has 1 N–H and O–H groups in total. The Balaban J connectivity index is 1.30. The van der Waals surface area contributed by atoms with E-state index >= 15 is 0 Å². The molecule has 0 fully saturated rings. The summed E-state index contributed by atoms with van der Waals surface area (Å²) in [6.45, 7) is 0. The number of benzene rings is 4. The van der Waals surface area contributed by atoms with E-state index in [1.54, 1.807) is 0 Å². The third kappa shape index (κ3) is 4.85. The Hall–Kier alpha value is -3.00. The Kier molecular flexibility index (Phi) is 6.26. The highest BCUT2D eigenvalue weighted by Gasteiger charge is 2.13. The number of nitrogens with one attached hydrogen (secondary N) is 1. The zero-order valence-electron chi connectivity index (χ0n) is 17.2. The van der Waals surface area contributed by atoms with Gasteiger partial charge in [0.2, 0.25) is 0 Å². The van der Waals surface area contributed by atoms with Gasteiger partial charge in [-0.15, -0.1) is 11.3 Å². The average molecular weight is 533 g/mol. The number of aromatic nitrogens is 1. The first-order chi connectivity index (χ1) is 16.1. The molecule has 0 saturated carbocycles. The van der Waals surface area contributed by atoms with Gasteiger partial charge in [0.15, 0.2) is 10.1 Å². The van der Waals surface area contributed by atoms with Crippen molar-refractivity contribution < 1.29 is 9.59 Å². The summed E-state index contributed by atoms with van der Waals surface area (Å²) in [4.78, 5) is 30.0. The van der Waals surface area contributed by atoms with Crippen LogP contribution in [0.25, 0.3) is 21.0 Å². The van der Waals surface area contributed by atoms with E-state index in [0.717, 1.165) is 29.8 Å². The van der Waals surface area contributed by atoms with Crippen molar-refractivity contribution in [2.45, 2.75) is 4.34 Å².